The molecule has 0 bridgehead atoms. The first-order valence-corrected chi connectivity index (χ1v) is 14.1. The van der Waals surface area contributed by atoms with Gasteiger partial charge in [-0.3, -0.25) is 13.9 Å². The summed E-state index contributed by atoms with van der Waals surface area (Å²) in [6.45, 7) is 3.20. The van der Waals surface area contributed by atoms with E-state index >= 15 is 0 Å². The fraction of sp³-hybridized carbons (Fsp3) is 0.310. The molecule has 3 rings (SSSR count). The predicted molar refractivity (Wildman–Crippen MR) is 152 cm³/mol. The Morgan fingerprint density at radius 3 is 2.17 bits per heavy atom. The highest BCUT2D eigenvalue weighted by molar-refractivity contribution is 7.92. The molecular formula is C29H35N3O7S. The van der Waals surface area contributed by atoms with Crippen molar-refractivity contribution in [3.63, 3.8) is 0 Å². The number of carbonyl (C=O) groups excluding carboxylic acids is 2. The largest absolute Gasteiger partial charge is 0.497 e. The minimum atomic E-state index is -4.25. The number of hydrogen-bond donors (Lipinski definition) is 1. The van der Waals surface area contributed by atoms with Crippen LogP contribution in [0.5, 0.6) is 17.2 Å². The third-order valence-electron chi connectivity index (χ3n) is 6.27. The number of nitrogens with one attached hydrogen (secondary N) is 1. The molecule has 0 aliphatic carbocycles. The summed E-state index contributed by atoms with van der Waals surface area (Å²) >= 11 is 0. The summed E-state index contributed by atoms with van der Waals surface area (Å²) in [4.78, 5) is 28.2. The van der Waals surface area contributed by atoms with Gasteiger partial charge in [-0.15, -0.1) is 0 Å². The van der Waals surface area contributed by atoms with Crippen LogP contribution in [0.3, 0.4) is 0 Å². The molecular weight excluding hydrogens is 534 g/mol. The molecule has 3 aromatic carbocycles. The number of carbonyl (C=O) groups is 2. The zero-order valence-electron chi connectivity index (χ0n) is 23.3. The SMILES string of the molecule is CCNC(=O)[C@H](C)N(Cc1cccc(OC)c1)C(=O)CN(c1cc(OC)ccc1OC)S(=O)(=O)c1ccccc1. The molecule has 214 valence electrons. The molecule has 0 radical (unpaired) electrons. The fourth-order valence-corrected chi connectivity index (χ4v) is 5.53. The second kappa shape index (κ2) is 13.7. The standard InChI is InChI=1S/C29H35N3O7S/c1-6-30-29(34)21(2)31(19-22-11-10-12-23(17-22)37-3)28(33)20-32(40(35,36)25-13-8-7-9-14-25)26-18-24(38-4)15-16-27(26)39-5/h7-18,21H,6,19-20H2,1-5H3,(H,30,34)/t21-/m0/s1. The number of likely N-dealkylation sites (N-methyl/N-ethyl adjacent to an activating group) is 1. The van der Waals surface area contributed by atoms with Crippen molar-refractivity contribution in [1.29, 1.82) is 0 Å². The normalized spacial score (nSPS) is 11.7. The summed E-state index contributed by atoms with van der Waals surface area (Å²) in [6, 6.07) is 18.7. The summed E-state index contributed by atoms with van der Waals surface area (Å²) in [7, 11) is 0.149. The Morgan fingerprint density at radius 1 is 0.875 bits per heavy atom. The van der Waals surface area contributed by atoms with Crippen LogP contribution in [0.2, 0.25) is 0 Å². The zero-order chi connectivity index (χ0) is 29.3. The zero-order valence-corrected chi connectivity index (χ0v) is 24.1. The van der Waals surface area contributed by atoms with Crippen molar-refractivity contribution in [1.82, 2.24) is 10.2 Å². The van der Waals surface area contributed by atoms with Gasteiger partial charge in [0.05, 0.1) is 31.9 Å². The van der Waals surface area contributed by atoms with E-state index < -0.39 is 28.5 Å². The minimum absolute atomic E-state index is 0.0104. The maximum absolute atomic E-state index is 14.0. The average molecular weight is 570 g/mol. The highest BCUT2D eigenvalue weighted by atomic mass is 32.2. The van der Waals surface area contributed by atoms with Crippen LogP contribution in [0.15, 0.2) is 77.7 Å². The number of rotatable bonds is 13. The van der Waals surface area contributed by atoms with Gasteiger partial charge in [-0.1, -0.05) is 30.3 Å². The molecule has 0 aliphatic rings. The second-order valence-electron chi connectivity index (χ2n) is 8.81. The number of nitrogens with zero attached hydrogens (tertiary/aromatic N) is 2. The summed E-state index contributed by atoms with van der Waals surface area (Å²) in [6.07, 6.45) is 0. The molecule has 11 heteroatoms. The summed E-state index contributed by atoms with van der Waals surface area (Å²) in [5.41, 5.74) is 0.825. The molecule has 0 heterocycles. The van der Waals surface area contributed by atoms with Crippen LogP contribution in [0.4, 0.5) is 5.69 Å². The van der Waals surface area contributed by atoms with Crippen LogP contribution in [-0.2, 0) is 26.2 Å². The molecule has 1 N–H and O–H groups in total. The topological polar surface area (TPSA) is 114 Å². The van der Waals surface area contributed by atoms with Crippen molar-refractivity contribution in [2.24, 2.45) is 0 Å². The monoisotopic (exact) mass is 569 g/mol. The van der Waals surface area contributed by atoms with Crippen molar-refractivity contribution in [2.75, 3.05) is 38.7 Å². The first kappa shape index (κ1) is 30.3. The van der Waals surface area contributed by atoms with Crippen molar-refractivity contribution in [3.05, 3.63) is 78.4 Å². The number of amides is 2. The Morgan fingerprint density at radius 2 is 1.55 bits per heavy atom. The van der Waals surface area contributed by atoms with E-state index in [1.807, 2.05) is 0 Å². The van der Waals surface area contributed by atoms with E-state index in [2.05, 4.69) is 5.32 Å². The van der Waals surface area contributed by atoms with E-state index in [0.717, 1.165) is 4.31 Å². The van der Waals surface area contributed by atoms with Crippen LogP contribution < -0.4 is 23.8 Å². The van der Waals surface area contributed by atoms with Gasteiger partial charge >= 0.3 is 0 Å². The van der Waals surface area contributed by atoms with E-state index in [9.17, 15) is 18.0 Å². The van der Waals surface area contributed by atoms with Crippen LogP contribution in [0.25, 0.3) is 0 Å². The first-order chi connectivity index (χ1) is 19.2. The highest BCUT2D eigenvalue weighted by Crippen LogP contribution is 2.36. The third-order valence-corrected chi connectivity index (χ3v) is 8.04. The van der Waals surface area contributed by atoms with Crippen LogP contribution in [0, 0.1) is 0 Å². The molecule has 0 spiro atoms. The fourth-order valence-electron chi connectivity index (χ4n) is 4.10. The van der Waals surface area contributed by atoms with E-state index in [1.165, 1.54) is 44.4 Å². The van der Waals surface area contributed by atoms with Crippen LogP contribution in [-0.4, -0.2) is 65.6 Å². The maximum Gasteiger partial charge on any atom is 0.264 e. The molecule has 0 aromatic heterocycles. The van der Waals surface area contributed by atoms with Gasteiger partial charge < -0.3 is 24.4 Å². The Hall–Kier alpha value is -4.25. The lowest BCUT2D eigenvalue weighted by Gasteiger charge is -2.32. The van der Waals surface area contributed by atoms with Crippen molar-refractivity contribution < 1.29 is 32.2 Å². The molecule has 3 aromatic rings. The van der Waals surface area contributed by atoms with Gasteiger partial charge in [0, 0.05) is 19.2 Å². The Labute approximate surface area is 235 Å². The molecule has 1 atom stereocenters. The predicted octanol–water partition coefficient (Wildman–Crippen LogP) is 3.46. The van der Waals surface area contributed by atoms with E-state index in [-0.39, 0.29) is 28.8 Å². The Bertz CT molecular complexity index is 1410. The third kappa shape index (κ3) is 7.03. The van der Waals surface area contributed by atoms with Gasteiger partial charge in [-0.2, -0.15) is 0 Å². The summed E-state index contributed by atoms with van der Waals surface area (Å²) in [5, 5.41) is 2.74. The molecule has 0 aliphatic heterocycles. The quantitative estimate of drug-likeness (QED) is 0.335. The van der Waals surface area contributed by atoms with E-state index in [0.29, 0.717) is 23.6 Å². The summed E-state index contributed by atoms with van der Waals surface area (Å²) in [5.74, 6) is 0.232. The molecule has 0 saturated carbocycles. The highest BCUT2D eigenvalue weighted by Gasteiger charge is 2.34. The molecule has 0 fully saturated rings. The Balaban J connectivity index is 2.11. The maximum atomic E-state index is 14.0. The summed E-state index contributed by atoms with van der Waals surface area (Å²) < 4.78 is 45.0. The lowest BCUT2D eigenvalue weighted by Crippen LogP contribution is -2.51. The number of sulfonamides is 1. The van der Waals surface area contributed by atoms with Gasteiger partial charge in [-0.25, -0.2) is 8.42 Å². The van der Waals surface area contributed by atoms with Gasteiger partial charge in [0.1, 0.15) is 29.8 Å². The lowest BCUT2D eigenvalue weighted by atomic mass is 10.1. The molecule has 0 saturated heterocycles. The number of anilines is 1. The number of benzene rings is 3. The van der Waals surface area contributed by atoms with Gasteiger partial charge in [0.25, 0.3) is 10.0 Å². The van der Waals surface area contributed by atoms with Crippen molar-refractivity contribution >= 4 is 27.5 Å². The number of methoxy groups -OCH3 is 3. The molecule has 2 amide bonds. The molecule has 10 nitrogen and oxygen atoms in total. The van der Waals surface area contributed by atoms with Gasteiger partial charge in [0.2, 0.25) is 11.8 Å². The molecule has 0 unspecified atom stereocenters. The average Bonchev–Trinajstić information content (AvgIpc) is 2.98. The minimum Gasteiger partial charge on any atom is -0.497 e. The van der Waals surface area contributed by atoms with Crippen LogP contribution in [0.1, 0.15) is 19.4 Å². The van der Waals surface area contributed by atoms with Gasteiger partial charge in [-0.05, 0) is 55.8 Å². The van der Waals surface area contributed by atoms with E-state index in [4.69, 9.17) is 14.2 Å². The van der Waals surface area contributed by atoms with E-state index in [1.54, 1.807) is 68.4 Å². The van der Waals surface area contributed by atoms with Crippen LogP contribution >= 0.6 is 0 Å². The first-order valence-electron chi connectivity index (χ1n) is 12.7. The number of hydrogen-bond acceptors (Lipinski definition) is 7. The number of ether oxygens (including phenoxy) is 3. The van der Waals surface area contributed by atoms with Crippen molar-refractivity contribution in [3.8, 4) is 17.2 Å². The Kier molecular flexibility index (Phi) is 10.4. The van der Waals surface area contributed by atoms with Gasteiger partial charge in [0.15, 0.2) is 0 Å². The lowest BCUT2D eigenvalue weighted by molar-refractivity contribution is -0.139. The smallest absolute Gasteiger partial charge is 0.264 e. The second-order valence-corrected chi connectivity index (χ2v) is 10.7. The molecule has 40 heavy (non-hydrogen) atoms. The van der Waals surface area contributed by atoms with Crippen molar-refractivity contribution in [2.45, 2.75) is 31.3 Å².